The van der Waals surface area contributed by atoms with Gasteiger partial charge in [-0.25, -0.2) is 0 Å². The lowest BCUT2D eigenvalue weighted by Gasteiger charge is -2.03. The molecule has 0 bridgehead atoms. The van der Waals surface area contributed by atoms with Gasteiger partial charge in [0.25, 0.3) is 0 Å². The summed E-state index contributed by atoms with van der Waals surface area (Å²) in [7, 11) is 0.904. The van der Waals surface area contributed by atoms with Gasteiger partial charge in [0.05, 0.1) is 0 Å². The van der Waals surface area contributed by atoms with Crippen molar-refractivity contribution in [1.29, 1.82) is 0 Å². The molecule has 0 aliphatic heterocycles. The van der Waals surface area contributed by atoms with Crippen LogP contribution < -0.4 is 5.32 Å². The number of nitrogens with one attached hydrogen (secondary N) is 1. The summed E-state index contributed by atoms with van der Waals surface area (Å²) >= 11 is 0. The molecule has 82 valence electrons. The van der Waals surface area contributed by atoms with Crippen LogP contribution in [-0.4, -0.2) is 21.7 Å². The molecule has 0 aromatic heterocycles. The van der Waals surface area contributed by atoms with E-state index in [1.807, 2.05) is 7.05 Å². The standard InChI is InChI=1S/C12H25NSi/c1-13-11-9-7-5-6-8-10-12-14(2,3)4/h13H,5-9,11H2,1-4H3. The van der Waals surface area contributed by atoms with Crippen molar-refractivity contribution in [3.8, 4) is 11.5 Å². The Balaban J connectivity index is 3.24. The Labute approximate surface area is 90.7 Å². The summed E-state index contributed by atoms with van der Waals surface area (Å²) in [4.78, 5) is 0. The van der Waals surface area contributed by atoms with Crippen molar-refractivity contribution in [2.45, 2.75) is 51.7 Å². The van der Waals surface area contributed by atoms with Crippen LogP contribution in [0.5, 0.6) is 0 Å². The van der Waals surface area contributed by atoms with Gasteiger partial charge in [-0.05, 0) is 26.4 Å². The molecule has 0 saturated heterocycles. The minimum absolute atomic E-state index is 1.10. The molecule has 1 N–H and O–H groups in total. The topological polar surface area (TPSA) is 12.0 Å². The van der Waals surface area contributed by atoms with E-state index in [2.05, 4.69) is 36.4 Å². The summed E-state index contributed by atoms with van der Waals surface area (Å²) in [6, 6.07) is 0. The molecule has 14 heavy (non-hydrogen) atoms. The molecule has 0 spiro atoms. The molecule has 0 amide bonds. The fourth-order valence-corrected chi connectivity index (χ4v) is 1.85. The number of hydrogen-bond acceptors (Lipinski definition) is 1. The predicted octanol–water partition coefficient (Wildman–Crippen LogP) is 3.04. The van der Waals surface area contributed by atoms with Gasteiger partial charge in [-0.15, -0.1) is 11.5 Å². The van der Waals surface area contributed by atoms with Crippen molar-refractivity contribution in [1.82, 2.24) is 5.32 Å². The highest BCUT2D eigenvalue weighted by molar-refractivity contribution is 6.83. The summed E-state index contributed by atoms with van der Waals surface area (Å²) in [6.45, 7) is 8.05. The predicted molar refractivity (Wildman–Crippen MR) is 68.1 cm³/mol. The van der Waals surface area contributed by atoms with E-state index >= 15 is 0 Å². The Morgan fingerprint density at radius 1 is 1.00 bits per heavy atom. The van der Waals surface area contributed by atoms with Crippen molar-refractivity contribution in [3.05, 3.63) is 0 Å². The Morgan fingerprint density at radius 2 is 1.64 bits per heavy atom. The van der Waals surface area contributed by atoms with Crippen LogP contribution in [0.15, 0.2) is 0 Å². The van der Waals surface area contributed by atoms with E-state index in [0.717, 1.165) is 13.0 Å². The van der Waals surface area contributed by atoms with E-state index < -0.39 is 8.07 Å². The smallest absolute Gasteiger partial charge is 0.129 e. The fourth-order valence-electron chi connectivity index (χ4n) is 1.20. The second-order valence-electron chi connectivity index (χ2n) is 4.82. The molecule has 0 unspecified atom stereocenters. The molecule has 0 fully saturated rings. The van der Waals surface area contributed by atoms with Crippen LogP contribution in [-0.2, 0) is 0 Å². The van der Waals surface area contributed by atoms with Gasteiger partial charge >= 0.3 is 0 Å². The van der Waals surface area contributed by atoms with Crippen molar-refractivity contribution >= 4 is 8.07 Å². The summed E-state index contributed by atoms with van der Waals surface area (Å²) in [6.07, 6.45) is 6.36. The monoisotopic (exact) mass is 211 g/mol. The Hall–Kier alpha value is -0.263. The summed E-state index contributed by atoms with van der Waals surface area (Å²) in [5.41, 5.74) is 3.40. The van der Waals surface area contributed by atoms with Crippen LogP contribution in [0.3, 0.4) is 0 Å². The normalized spacial score (nSPS) is 10.9. The lowest BCUT2D eigenvalue weighted by atomic mass is 10.1. The van der Waals surface area contributed by atoms with Crippen LogP contribution in [0.4, 0.5) is 0 Å². The van der Waals surface area contributed by atoms with Gasteiger partial charge in [-0.3, -0.25) is 0 Å². The molecule has 2 heteroatoms. The lowest BCUT2D eigenvalue weighted by Crippen LogP contribution is -2.16. The van der Waals surface area contributed by atoms with Crippen molar-refractivity contribution < 1.29 is 0 Å². The highest BCUT2D eigenvalue weighted by Gasteiger charge is 2.06. The summed E-state index contributed by atoms with van der Waals surface area (Å²) in [5.74, 6) is 3.31. The first kappa shape index (κ1) is 13.7. The van der Waals surface area contributed by atoms with Crippen molar-refractivity contribution in [3.63, 3.8) is 0 Å². The zero-order valence-electron chi connectivity index (χ0n) is 10.2. The zero-order chi connectivity index (χ0) is 10.9. The van der Waals surface area contributed by atoms with Gasteiger partial charge in [0.15, 0.2) is 0 Å². The lowest BCUT2D eigenvalue weighted by molar-refractivity contribution is 0.623. The summed E-state index contributed by atoms with van der Waals surface area (Å²) in [5, 5.41) is 3.17. The quantitative estimate of drug-likeness (QED) is 0.404. The van der Waals surface area contributed by atoms with E-state index in [9.17, 15) is 0 Å². The van der Waals surface area contributed by atoms with Crippen LogP contribution in [0.25, 0.3) is 0 Å². The first-order valence-corrected chi connectivity index (χ1v) is 9.21. The molecule has 0 heterocycles. The maximum Gasteiger partial charge on any atom is 0.129 e. The molecule has 1 nitrogen and oxygen atoms in total. The molecule has 0 aliphatic rings. The molecular formula is C12H25NSi. The van der Waals surface area contributed by atoms with Crippen LogP contribution >= 0.6 is 0 Å². The minimum Gasteiger partial charge on any atom is -0.320 e. The first-order chi connectivity index (χ1) is 6.56. The van der Waals surface area contributed by atoms with Gasteiger partial charge in [0, 0.05) is 6.42 Å². The van der Waals surface area contributed by atoms with E-state index in [1.165, 1.54) is 25.7 Å². The molecule has 0 aliphatic carbocycles. The summed E-state index contributed by atoms with van der Waals surface area (Å²) < 4.78 is 0. The van der Waals surface area contributed by atoms with E-state index in [1.54, 1.807) is 0 Å². The number of unbranched alkanes of at least 4 members (excludes halogenated alkanes) is 4. The number of hydrogen-bond donors (Lipinski definition) is 1. The Morgan fingerprint density at radius 3 is 2.21 bits per heavy atom. The van der Waals surface area contributed by atoms with Crippen molar-refractivity contribution in [2.24, 2.45) is 0 Å². The third-order valence-corrected chi connectivity index (χ3v) is 2.87. The molecule has 0 rings (SSSR count). The maximum absolute atomic E-state index is 3.40. The van der Waals surface area contributed by atoms with Gasteiger partial charge in [0.2, 0.25) is 0 Å². The van der Waals surface area contributed by atoms with Crippen LogP contribution in [0, 0.1) is 11.5 Å². The second kappa shape index (κ2) is 8.08. The fraction of sp³-hybridized carbons (Fsp3) is 0.833. The molecule has 0 atom stereocenters. The first-order valence-electron chi connectivity index (χ1n) is 5.71. The molecular weight excluding hydrogens is 186 g/mol. The Bertz CT molecular complexity index is 183. The largest absolute Gasteiger partial charge is 0.320 e. The average molecular weight is 211 g/mol. The van der Waals surface area contributed by atoms with Crippen LogP contribution in [0.2, 0.25) is 19.6 Å². The van der Waals surface area contributed by atoms with Gasteiger partial charge in [-0.1, -0.05) is 32.5 Å². The van der Waals surface area contributed by atoms with Gasteiger partial charge in [0.1, 0.15) is 8.07 Å². The van der Waals surface area contributed by atoms with E-state index in [0.29, 0.717) is 0 Å². The molecule has 0 aromatic carbocycles. The van der Waals surface area contributed by atoms with Crippen LogP contribution in [0.1, 0.15) is 32.1 Å². The van der Waals surface area contributed by atoms with Gasteiger partial charge < -0.3 is 5.32 Å². The van der Waals surface area contributed by atoms with Gasteiger partial charge in [-0.2, -0.15) is 0 Å². The van der Waals surface area contributed by atoms with Crippen molar-refractivity contribution in [2.75, 3.05) is 13.6 Å². The highest BCUT2D eigenvalue weighted by atomic mass is 28.3. The molecule has 0 saturated carbocycles. The SMILES string of the molecule is CNCCCCCCC#C[Si](C)(C)C. The highest BCUT2D eigenvalue weighted by Crippen LogP contribution is 2.02. The maximum atomic E-state index is 3.40. The molecule has 0 radical (unpaired) electrons. The zero-order valence-corrected chi connectivity index (χ0v) is 11.2. The Kier molecular flexibility index (Phi) is 7.93. The number of rotatable bonds is 6. The third kappa shape index (κ3) is 11.7. The van der Waals surface area contributed by atoms with E-state index in [4.69, 9.17) is 0 Å². The average Bonchev–Trinajstić information content (AvgIpc) is 2.08. The second-order valence-corrected chi connectivity index (χ2v) is 9.57. The minimum atomic E-state index is -1.11. The molecule has 0 aromatic rings. The van der Waals surface area contributed by atoms with E-state index in [-0.39, 0.29) is 0 Å². The third-order valence-electron chi connectivity index (χ3n) is 1.94.